The van der Waals surface area contributed by atoms with E-state index in [9.17, 15) is 14.4 Å². The third-order valence-electron chi connectivity index (χ3n) is 4.85. The zero-order valence-corrected chi connectivity index (χ0v) is 17.6. The monoisotopic (exact) mass is 444 g/mol. The Bertz CT molecular complexity index is 1550. The fourth-order valence-electron chi connectivity index (χ4n) is 3.40. The molecule has 2 aromatic carbocycles. The summed E-state index contributed by atoms with van der Waals surface area (Å²) in [6, 6.07) is 14.3. The van der Waals surface area contributed by atoms with Crippen LogP contribution in [0.15, 0.2) is 64.9 Å². The van der Waals surface area contributed by atoms with Crippen LogP contribution in [0.2, 0.25) is 0 Å². The van der Waals surface area contributed by atoms with Gasteiger partial charge in [-0.05, 0) is 24.3 Å². The van der Waals surface area contributed by atoms with Crippen molar-refractivity contribution in [3.63, 3.8) is 0 Å². The third-order valence-corrected chi connectivity index (χ3v) is 5.61. The summed E-state index contributed by atoms with van der Waals surface area (Å²) >= 11 is 1.28. The molecule has 3 N–H and O–H groups in total. The van der Waals surface area contributed by atoms with Crippen molar-refractivity contribution in [3.05, 3.63) is 76.0 Å². The van der Waals surface area contributed by atoms with Crippen LogP contribution in [0.5, 0.6) is 0 Å². The van der Waals surface area contributed by atoms with Crippen molar-refractivity contribution in [1.29, 1.82) is 0 Å². The lowest BCUT2D eigenvalue weighted by atomic mass is 10.1. The van der Waals surface area contributed by atoms with Gasteiger partial charge >= 0.3 is 0 Å². The number of nitrogens with zero attached hydrogens (tertiary/aromatic N) is 3. The highest BCUT2D eigenvalue weighted by Crippen LogP contribution is 2.26. The SMILES string of the molecule is CC(=O)Nc1ccc(-c2csc(NC(=O)c3cnn4c3[nH]c(=O)c3ccccc34)n2)cc1. The molecule has 5 aromatic rings. The molecule has 0 saturated carbocycles. The van der Waals surface area contributed by atoms with E-state index in [1.165, 1.54) is 29.0 Å². The van der Waals surface area contributed by atoms with E-state index in [1.54, 1.807) is 30.3 Å². The lowest BCUT2D eigenvalue weighted by molar-refractivity contribution is -0.114. The number of rotatable bonds is 4. The number of para-hydroxylation sites is 1. The smallest absolute Gasteiger partial charge is 0.262 e. The predicted molar refractivity (Wildman–Crippen MR) is 123 cm³/mol. The Morgan fingerprint density at radius 1 is 1.06 bits per heavy atom. The minimum atomic E-state index is -0.423. The minimum Gasteiger partial charge on any atom is -0.326 e. The zero-order valence-electron chi connectivity index (χ0n) is 16.7. The highest BCUT2D eigenvalue weighted by Gasteiger charge is 2.17. The molecule has 0 aliphatic rings. The van der Waals surface area contributed by atoms with E-state index in [0.29, 0.717) is 33.1 Å². The maximum absolute atomic E-state index is 12.9. The molecule has 0 aliphatic heterocycles. The van der Waals surface area contributed by atoms with Crippen LogP contribution in [-0.2, 0) is 4.79 Å². The largest absolute Gasteiger partial charge is 0.326 e. The van der Waals surface area contributed by atoms with E-state index in [1.807, 2.05) is 23.6 Å². The maximum atomic E-state index is 12.9. The molecular formula is C22H16N6O3S. The Balaban J connectivity index is 1.40. The number of thiazole rings is 1. The summed E-state index contributed by atoms with van der Waals surface area (Å²) in [5.74, 6) is -0.564. The van der Waals surface area contributed by atoms with Gasteiger partial charge in [0.15, 0.2) is 5.13 Å². The number of fused-ring (bicyclic) bond motifs is 3. The number of H-pyrrole nitrogens is 1. The van der Waals surface area contributed by atoms with Gasteiger partial charge in [-0.1, -0.05) is 24.3 Å². The number of amides is 2. The third kappa shape index (κ3) is 3.52. The van der Waals surface area contributed by atoms with Crippen molar-refractivity contribution in [2.75, 3.05) is 10.6 Å². The number of nitrogens with one attached hydrogen (secondary N) is 3. The zero-order chi connectivity index (χ0) is 22.2. The van der Waals surface area contributed by atoms with Crippen LogP contribution in [0.25, 0.3) is 27.8 Å². The number of aromatic amines is 1. The van der Waals surface area contributed by atoms with Crippen molar-refractivity contribution < 1.29 is 9.59 Å². The van der Waals surface area contributed by atoms with Gasteiger partial charge in [-0.3, -0.25) is 19.7 Å². The first-order valence-electron chi connectivity index (χ1n) is 9.63. The van der Waals surface area contributed by atoms with Crippen molar-refractivity contribution in [2.24, 2.45) is 0 Å². The molecule has 0 fully saturated rings. The standard InChI is InChI=1S/C22H16N6O3S/c1-12(29)24-14-8-6-13(7-9-14)17-11-32-22(25-17)27-21(31)16-10-23-28-18-5-3-2-4-15(18)20(30)26-19(16)28/h2-11H,1H3,(H,24,29)(H,26,30)(H,25,27,31). The molecule has 0 aliphatic carbocycles. The summed E-state index contributed by atoms with van der Waals surface area (Å²) in [4.78, 5) is 43.6. The van der Waals surface area contributed by atoms with Crippen LogP contribution >= 0.6 is 11.3 Å². The first-order chi connectivity index (χ1) is 15.5. The average molecular weight is 444 g/mol. The molecule has 0 unspecified atom stereocenters. The van der Waals surface area contributed by atoms with Crippen molar-refractivity contribution in [3.8, 4) is 11.3 Å². The van der Waals surface area contributed by atoms with Gasteiger partial charge < -0.3 is 10.3 Å². The maximum Gasteiger partial charge on any atom is 0.262 e. The van der Waals surface area contributed by atoms with Gasteiger partial charge in [0.2, 0.25) is 5.91 Å². The van der Waals surface area contributed by atoms with E-state index < -0.39 is 5.91 Å². The number of hydrogen-bond donors (Lipinski definition) is 3. The second kappa shape index (κ2) is 7.75. The van der Waals surface area contributed by atoms with Crippen LogP contribution in [0.4, 0.5) is 10.8 Å². The molecule has 2 amide bonds. The van der Waals surface area contributed by atoms with E-state index in [2.05, 4.69) is 25.7 Å². The number of hydrogen-bond acceptors (Lipinski definition) is 6. The Morgan fingerprint density at radius 2 is 1.84 bits per heavy atom. The number of carbonyl (C=O) groups excluding carboxylic acids is 2. The summed E-state index contributed by atoms with van der Waals surface area (Å²) in [7, 11) is 0. The Morgan fingerprint density at radius 3 is 2.62 bits per heavy atom. The fraction of sp³-hybridized carbons (Fsp3) is 0.0455. The first-order valence-corrected chi connectivity index (χ1v) is 10.5. The Kier molecular flexibility index (Phi) is 4.75. The van der Waals surface area contributed by atoms with Crippen LogP contribution < -0.4 is 16.2 Å². The van der Waals surface area contributed by atoms with Crippen LogP contribution in [0.3, 0.4) is 0 Å². The summed E-state index contributed by atoms with van der Waals surface area (Å²) in [5, 5.41) is 12.5. The molecule has 158 valence electrons. The van der Waals surface area contributed by atoms with Crippen LogP contribution in [-0.4, -0.2) is 31.4 Å². The highest BCUT2D eigenvalue weighted by molar-refractivity contribution is 7.14. The number of benzene rings is 2. The lowest BCUT2D eigenvalue weighted by Gasteiger charge is -2.03. The van der Waals surface area contributed by atoms with Crippen molar-refractivity contribution in [1.82, 2.24) is 19.6 Å². The van der Waals surface area contributed by atoms with Gasteiger partial charge in [0.1, 0.15) is 11.2 Å². The van der Waals surface area contributed by atoms with Crippen molar-refractivity contribution in [2.45, 2.75) is 6.92 Å². The molecule has 0 spiro atoms. The van der Waals surface area contributed by atoms with E-state index in [0.717, 1.165) is 5.56 Å². The van der Waals surface area contributed by atoms with Crippen molar-refractivity contribution >= 4 is 50.5 Å². The Labute approximate surface area is 184 Å². The number of aromatic nitrogens is 4. The summed E-state index contributed by atoms with van der Waals surface area (Å²) < 4.78 is 1.54. The molecule has 0 bridgehead atoms. The fourth-order valence-corrected chi connectivity index (χ4v) is 4.11. The molecule has 3 aromatic heterocycles. The molecule has 0 radical (unpaired) electrons. The molecular weight excluding hydrogens is 428 g/mol. The average Bonchev–Trinajstić information content (AvgIpc) is 3.41. The van der Waals surface area contributed by atoms with E-state index in [-0.39, 0.29) is 17.0 Å². The molecule has 32 heavy (non-hydrogen) atoms. The lowest BCUT2D eigenvalue weighted by Crippen LogP contribution is -2.15. The van der Waals surface area contributed by atoms with Gasteiger partial charge in [0.05, 0.1) is 22.8 Å². The van der Waals surface area contributed by atoms with E-state index in [4.69, 9.17) is 0 Å². The first kappa shape index (κ1) is 19.6. The molecule has 9 nitrogen and oxygen atoms in total. The second-order valence-electron chi connectivity index (χ2n) is 7.04. The van der Waals surface area contributed by atoms with Crippen LogP contribution in [0, 0.1) is 0 Å². The second-order valence-corrected chi connectivity index (χ2v) is 7.90. The van der Waals surface area contributed by atoms with Gasteiger partial charge in [0, 0.05) is 23.6 Å². The number of carbonyl (C=O) groups is 2. The van der Waals surface area contributed by atoms with Gasteiger partial charge in [-0.25, -0.2) is 9.50 Å². The van der Waals surface area contributed by atoms with Gasteiger partial charge in [-0.2, -0.15) is 5.10 Å². The molecule has 10 heteroatoms. The molecule has 5 rings (SSSR count). The summed E-state index contributed by atoms with van der Waals surface area (Å²) in [6.07, 6.45) is 1.42. The van der Waals surface area contributed by atoms with Gasteiger partial charge in [-0.15, -0.1) is 11.3 Å². The summed E-state index contributed by atoms with van der Waals surface area (Å²) in [5.41, 5.74) is 3.12. The van der Waals surface area contributed by atoms with Crippen LogP contribution in [0.1, 0.15) is 17.3 Å². The predicted octanol–water partition coefficient (Wildman–Crippen LogP) is 3.51. The minimum absolute atomic E-state index is 0.140. The molecule has 3 heterocycles. The Hall–Kier alpha value is -4.31. The molecule has 0 atom stereocenters. The quantitative estimate of drug-likeness (QED) is 0.392. The highest BCUT2D eigenvalue weighted by atomic mass is 32.1. The number of anilines is 2. The van der Waals surface area contributed by atoms with E-state index >= 15 is 0 Å². The molecule has 0 saturated heterocycles. The topological polar surface area (TPSA) is 121 Å². The van der Waals surface area contributed by atoms with Gasteiger partial charge in [0.25, 0.3) is 11.5 Å². The summed E-state index contributed by atoms with van der Waals surface area (Å²) in [6.45, 7) is 1.45. The normalized spacial score (nSPS) is 11.0.